The molecule has 0 aliphatic rings. The van der Waals surface area contributed by atoms with E-state index in [9.17, 15) is 18.0 Å². The Morgan fingerprint density at radius 1 is 1.21 bits per heavy atom. The minimum absolute atomic E-state index is 0.00282. The van der Waals surface area contributed by atoms with Crippen LogP contribution in [0.1, 0.15) is 29.4 Å². The number of pyridine rings is 1. The van der Waals surface area contributed by atoms with Gasteiger partial charge in [-0.15, -0.1) is 0 Å². The predicted molar refractivity (Wildman–Crippen MR) is 101 cm³/mol. The zero-order valence-corrected chi connectivity index (χ0v) is 15.8. The maximum Gasteiger partial charge on any atom is 0.420 e. The minimum Gasteiger partial charge on any atom is -0.497 e. The zero-order chi connectivity index (χ0) is 21.0. The van der Waals surface area contributed by atoms with Crippen molar-refractivity contribution >= 4 is 5.91 Å². The molecule has 0 unspecified atom stereocenters. The number of rotatable bonds is 6. The van der Waals surface area contributed by atoms with Gasteiger partial charge in [0.1, 0.15) is 11.3 Å². The molecule has 9 heteroatoms. The van der Waals surface area contributed by atoms with E-state index in [1.807, 2.05) is 6.92 Å². The van der Waals surface area contributed by atoms with Crippen LogP contribution < -0.4 is 10.1 Å². The Hall–Kier alpha value is -3.36. The molecule has 0 saturated heterocycles. The number of ether oxygens (including phenoxy) is 1. The molecule has 0 aliphatic heterocycles. The van der Waals surface area contributed by atoms with Crippen molar-refractivity contribution in [3.63, 3.8) is 0 Å². The first kappa shape index (κ1) is 20.4. The second-order valence-corrected chi connectivity index (χ2v) is 6.18. The van der Waals surface area contributed by atoms with E-state index < -0.39 is 23.5 Å². The molecule has 1 N–H and O–H groups in total. The van der Waals surface area contributed by atoms with Gasteiger partial charge in [-0.3, -0.25) is 4.79 Å². The highest BCUT2D eigenvalue weighted by Crippen LogP contribution is 2.34. The number of aromatic nitrogens is 3. The minimum atomic E-state index is -4.63. The fraction of sp³-hybridized carbons (Fsp3) is 0.250. The normalized spacial score (nSPS) is 11.3. The van der Waals surface area contributed by atoms with E-state index in [0.29, 0.717) is 23.6 Å². The molecule has 1 aromatic carbocycles. The first-order chi connectivity index (χ1) is 13.8. The summed E-state index contributed by atoms with van der Waals surface area (Å²) >= 11 is 0. The average molecular weight is 404 g/mol. The highest BCUT2D eigenvalue weighted by atomic mass is 19.4. The van der Waals surface area contributed by atoms with Gasteiger partial charge in [-0.1, -0.05) is 6.92 Å². The summed E-state index contributed by atoms with van der Waals surface area (Å²) in [5, 5.41) is 6.82. The molecule has 2 heterocycles. The highest BCUT2D eigenvalue weighted by Gasteiger charge is 2.35. The van der Waals surface area contributed by atoms with Gasteiger partial charge in [-0.2, -0.15) is 18.3 Å². The Bertz CT molecular complexity index is 998. The average Bonchev–Trinajstić information content (AvgIpc) is 3.17. The molecule has 1 amide bonds. The lowest BCUT2D eigenvalue weighted by molar-refractivity contribution is -0.137. The molecular formula is C20H19F3N4O2. The molecule has 152 valence electrons. The maximum atomic E-state index is 13.5. The Labute approximate surface area is 165 Å². The number of hydrogen-bond acceptors (Lipinski definition) is 4. The van der Waals surface area contributed by atoms with Gasteiger partial charge >= 0.3 is 6.18 Å². The second kappa shape index (κ2) is 8.34. The number of hydrogen-bond donors (Lipinski definition) is 1. The zero-order valence-electron chi connectivity index (χ0n) is 15.8. The first-order valence-electron chi connectivity index (χ1n) is 8.90. The van der Waals surface area contributed by atoms with Crippen molar-refractivity contribution in [1.29, 1.82) is 0 Å². The van der Waals surface area contributed by atoms with E-state index in [-0.39, 0.29) is 5.69 Å². The van der Waals surface area contributed by atoms with E-state index in [0.717, 1.165) is 17.2 Å². The number of halogens is 3. The van der Waals surface area contributed by atoms with Crippen LogP contribution in [0.25, 0.3) is 17.1 Å². The van der Waals surface area contributed by atoms with Gasteiger partial charge in [0.05, 0.1) is 12.8 Å². The van der Waals surface area contributed by atoms with Crippen LogP contribution in [0.15, 0.2) is 48.7 Å². The molecule has 3 rings (SSSR count). The fourth-order valence-electron chi connectivity index (χ4n) is 2.74. The van der Waals surface area contributed by atoms with Gasteiger partial charge in [0.2, 0.25) is 0 Å². The van der Waals surface area contributed by atoms with Crippen LogP contribution in [-0.2, 0) is 6.18 Å². The van der Waals surface area contributed by atoms with Crippen molar-refractivity contribution in [1.82, 2.24) is 20.1 Å². The van der Waals surface area contributed by atoms with E-state index in [2.05, 4.69) is 15.4 Å². The molecule has 0 radical (unpaired) electrons. The van der Waals surface area contributed by atoms with Gasteiger partial charge in [-0.05, 0) is 48.9 Å². The van der Waals surface area contributed by atoms with Crippen LogP contribution in [0, 0.1) is 0 Å². The number of alkyl halides is 3. The molecule has 6 nitrogen and oxygen atoms in total. The van der Waals surface area contributed by atoms with E-state index in [1.165, 1.54) is 25.4 Å². The summed E-state index contributed by atoms with van der Waals surface area (Å²) in [6, 6.07) is 10.3. The van der Waals surface area contributed by atoms with Crippen LogP contribution in [0.3, 0.4) is 0 Å². The topological polar surface area (TPSA) is 69.0 Å². The van der Waals surface area contributed by atoms with Crippen molar-refractivity contribution in [3.05, 3.63) is 59.9 Å². The van der Waals surface area contributed by atoms with Gasteiger partial charge in [-0.25, -0.2) is 9.67 Å². The van der Waals surface area contributed by atoms with E-state index >= 15 is 0 Å². The van der Waals surface area contributed by atoms with E-state index in [1.54, 1.807) is 24.3 Å². The molecule has 3 aromatic rings. The molecular weight excluding hydrogens is 385 g/mol. The van der Waals surface area contributed by atoms with Crippen LogP contribution >= 0.6 is 0 Å². The third-order valence-corrected chi connectivity index (χ3v) is 4.16. The molecule has 0 atom stereocenters. The number of carbonyl (C=O) groups is 1. The molecule has 0 saturated carbocycles. The molecule has 0 aliphatic carbocycles. The lowest BCUT2D eigenvalue weighted by atomic mass is 10.1. The number of nitrogens with one attached hydrogen (secondary N) is 1. The summed E-state index contributed by atoms with van der Waals surface area (Å²) in [4.78, 5) is 16.3. The SMILES string of the molecule is CCCNC(=O)c1cc(-c2ccc(OC)cc2)n(-c2ncccc2C(F)(F)F)n1. The second-order valence-electron chi connectivity index (χ2n) is 6.18. The molecule has 0 fully saturated rings. The van der Waals surface area contributed by atoms with Gasteiger partial charge < -0.3 is 10.1 Å². The van der Waals surface area contributed by atoms with Crippen LogP contribution in [0.4, 0.5) is 13.2 Å². The predicted octanol–water partition coefficient (Wildman–Crippen LogP) is 4.10. The quantitative estimate of drug-likeness (QED) is 0.672. The van der Waals surface area contributed by atoms with Gasteiger partial charge in [0.15, 0.2) is 11.5 Å². The highest BCUT2D eigenvalue weighted by molar-refractivity contribution is 5.93. The Morgan fingerprint density at radius 2 is 1.93 bits per heavy atom. The standard InChI is InChI=1S/C20H19F3N4O2/c1-3-10-25-19(28)16-12-17(13-6-8-14(29-2)9-7-13)27(26-16)18-15(20(21,22)23)5-4-11-24-18/h4-9,11-12H,3,10H2,1-2H3,(H,25,28). The lowest BCUT2D eigenvalue weighted by Gasteiger charge is -2.13. The smallest absolute Gasteiger partial charge is 0.420 e. The van der Waals surface area contributed by atoms with Gasteiger partial charge in [0.25, 0.3) is 5.91 Å². The number of methoxy groups -OCH3 is 1. The fourth-order valence-corrected chi connectivity index (χ4v) is 2.74. The number of amides is 1. The van der Waals surface area contributed by atoms with Crippen LogP contribution in [-0.4, -0.2) is 34.3 Å². The largest absolute Gasteiger partial charge is 0.497 e. The molecule has 0 bridgehead atoms. The molecule has 2 aromatic heterocycles. The summed E-state index contributed by atoms with van der Waals surface area (Å²) in [6.45, 7) is 2.33. The molecule has 29 heavy (non-hydrogen) atoms. The van der Waals surface area contributed by atoms with Crippen molar-refractivity contribution in [2.45, 2.75) is 19.5 Å². The van der Waals surface area contributed by atoms with Crippen LogP contribution in [0.2, 0.25) is 0 Å². The molecule has 0 spiro atoms. The number of benzene rings is 1. The third kappa shape index (κ3) is 4.39. The van der Waals surface area contributed by atoms with Crippen molar-refractivity contribution in [2.24, 2.45) is 0 Å². The Balaban J connectivity index is 2.17. The summed E-state index contributed by atoms with van der Waals surface area (Å²) in [7, 11) is 1.51. The number of carbonyl (C=O) groups excluding carboxylic acids is 1. The Morgan fingerprint density at radius 3 is 2.55 bits per heavy atom. The number of nitrogens with zero attached hydrogens (tertiary/aromatic N) is 3. The van der Waals surface area contributed by atoms with Gasteiger partial charge in [0, 0.05) is 18.3 Å². The Kier molecular flexibility index (Phi) is 5.86. The van der Waals surface area contributed by atoms with Crippen molar-refractivity contribution in [2.75, 3.05) is 13.7 Å². The van der Waals surface area contributed by atoms with E-state index in [4.69, 9.17) is 4.74 Å². The summed E-state index contributed by atoms with van der Waals surface area (Å²) in [5.74, 6) is -0.278. The maximum absolute atomic E-state index is 13.5. The summed E-state index contributed by atoms with van der Waals surface area (Å²) in [6.07, 6.45) is -2.66. The lowest BCUT2D eigenvalue weighted by Crippen LogP contribution is -2.24. The van der Waals surface area contributed by atoms with Crippen molar-refractivity contribution in [3.8, 4) is 22.8 Å². The first-order valence-corrected chi connectivity index (χ1v) is 8.90. The van der Waals surface area contributed by atoms with Crippen LogP contribution in [0.5, 0.6) is 5.75 Å². The van der Waals surface area contributed by atoms with Crippen molar-refractivity contribution < 1.29 is 22.7 Å². The monoisotopic (exact) mass is 404 g/mol. The summed E-state index contributed by atoms with van der Waals surface area (Å²) < 4.78 is 46.7. The third-order valence-electron chi connectivity index (χ3n) is 4.16. The summed E-state index contributed by atoms with van der Waals surface area (Å²) in [5.41, 5.74) is -0.0773.